The summed E-state index contributed by atoms with van der Waals surface area (Å²) >= 11 is 0. The fraction of sp³-hybridized carbons (Fsp3) is 0.625. The highest BCUT2D eigenvalue weighted by Gasteiger charge is 2.20. The first kappa shape index (κ1) is 7.32. The lowest BCUT2D eigenvalue weighted by atomic mass is 10.1. The molecule has 0 bridgehead atoms. The van der Waals surface area contributed by atoms with Gasteiger partial charge in [0, 0.05) is 0 Å². The average molecular weight is 140 g/mol. The van der Waals surface area contributed by atoms with Crippen LogP contribution in [-0.2, 0) is 9.53 Å². The third-order valence-corrected chi connectivity index (χ3v) is 1.84. The van der Waals surface area contributed by atoms with Crippen LogP contribution in [0.1, 0.15) is 19.8 Å². The minimum Gasteiger partial charge on any atom is -0.469 e. The summed E-state index contributed by atoms with van der Waals surface area (Å²) in [6, 6.07) is 0. The van der Waals surface area contributed by atoms with Gasteiger partial charge < -0.3 is 4.74 Å². The number of hydrogen-bond acceptors (Lipinski definition) is 2. The highest BCUT2D eigenvalue weighted by molar-refractivity contribution is 5.75. The molecule has 0 aliphatic heterocycles. The van der Waals surface area contributed by atoms with E-state index >= 15 is 0 Å². The smallest absolute Gasteiger partial charge is 0.312 e. The van der Waals surface area contributed by atoms with Crippen LogP contribution < -0.4 is 0 Å². The van der Waals surface area contributed by atoms with E-state index in [1.54, 1.807) is 0 Å². The minimum atomic E-state index is -0.100. The number of allylic oxidation sites excluding steroid dienone is 1. The number of hydrogen-bond donors (Lipinski definition) is 0. The Balaban J connectivity index is 2.52. The number of methoxy groups -OCH3 is 1. The molecule has 2 nitrogen and oxygen atoms in total. The molecule has 0 spiro atoms. The molecule has 0 saturated carbocycles. The molecule has 10 heavy (non-hydrogen) atoms. The van der Waals surface area contributed by atoms with Crippen LogP contribution in [0.5, 0.6) is 0 Å². The Bertz CT molecular complexity index is 170. The number of rotatable bonds is 1. The quantitative estimate of drug-likeness (QED) is 0.407. The minimum absolute atomic E-state index is 0.0324. The van der Waals surface area contributed by atoms with E-state index in [2.05, 4.69) is 4.74 Å². The Labute approximate surface area is 60.9 Å². The van der Waals surface area contributed by atoms with Gasteiger partial charge in [0.15, 0.2) is 0 Å². The predicted molar refractivity (Wildman–Crippen MR) is 38.5 cm³/mol. The van der Waals surface area contributed by atoms with Crippen molar-refractivity contribution < 1.29 is 9.53 Å². The van der Waals surface area contributed by atoms with Gasteiger partial charge in [0.1, 0.15) is 0 Å². The SMILES string of the molecule is COC(=O)C1C=C(C)CC1. The first-order valence-electron chi connectivity index (χ1n) is 3.49. The number of carbonyl (C=O) groups is 1. The maximum Gasteiger partial charge on any atom is 0.312 e. The van der Waals surface area contributed by atoms with E-state index < -0.39 is 0 Å². The van der Waals surface area contributed by atoms with E-state index in [1.165, 1.54) is 12.7 Å². The summed E-state index contributed by atoms with van der Waals surface area (Å²) < 4.78 is 4.60. The lowest BCUT2D eigenvalue weighted by Crippen LogP contribution is -2.10. The summed E-state index contributed by atoms with van der Waals surface area (Å²) in [5.41, 5.74) is 1.30. The van der Waals surface area contributed by atoms with Crippen LogP contribution in [0, 0.1) is 5.92 Å². The third kappa shape index (κ3) is 1.38. The average Bonchev–Trinajstić information content (AvgIpc) is 2.34. The normalized spacial score (nSPS) is 24.2. The number of ether oxygens (including phenoxy) is 1. The second-order valence-electron chi connectivity index (χ2n) is 2.68. The molecule has 0 N–H and O–H groups in total. The van der Waals surface area contributed by atoms with Gasteiger partial charge in [0.2, 0.25) is 0 Å². The van der Waals surface area contributed by atoms with Gasteiger partial charge in [-0.15, -0.1) is 0 Å². The Morgan fingerprint density at radius 1 is 1.80 bits per heavy atom. The van der Waals surface area contributed by atoms with E-state index in [1.807, 2.05) is 13.0 Å². The molecule has 1 unspecified atom stereocenters. The molecule has 0 amide bonds. The van der Waals surface area contributed by atoms with Crippen molar-refractivity contribution in [1.82, 2.24) is 0 Å². The van der Waals surface area contributed by atoms with Crippen molar-refractivity contribution in [3.05, 3.63) is 11.6 Å². The summed E-state index contributed by atoms with van der Waals surface area (Å²) in [6.07, 6.45) is 3.96. The molecule has 1 rings (SSSR count). The van der Waals surface area contributed by atoms with Crippen molar-refractivity contribution in [2.45, 2.75) is 19.8 Å². The first-order valence-corrected chi connectivity index (χ1v) is 3.49. The largest absolute Gasteiger partial charge is 0.469 e. The molecular formula is C8H12O2. The summed E-state index contributed by atoms with van der Waals surface area (Å²) in [6.45, 7) is 2.04. The van der Waals surface area contributed by atoms with Crippen LogP contribution in [0.3, 0.4) is 0 Å². The lowest BCUT2D eigenvalue weighted by molar-refractivity contribution is -0.143. The highest BCUT2D eigenvalue weighted by Crippen LogP contribution is 2.23. The van der Waals surface area contributed by atoms with Gasteiger partial charge in [-0.25, -0.2) is 0 Å². The van der Waals surface area contributed by atoms with Crippen LogP contribution in [0.2, 0.25) is 0 Å². The van der Waals surface area contributed by atoms with Crippen molar-refractivity contribution >= 4 is 5.97 Å². The monoisotopic (exact) mass is 140 g/mol. The van der Waals surface area contributed by atoms with Gasteiger partial charge in [0.25, 0.3) is 0 Å². The van der Waals surface area contributed by atoms with E-state index in [0.717, 1.165) is 12.8 Å². The fourth-order valence-corrected chi connectivity index (χ4v) is 1.23. The van der Waals surface area contributed by atoms with E-state index in [9.17, 15) is 4.79 Å². The summed E-state index contributed by atoms with van der Waals surface area (Å²) in [4.78, 5) is 10.9. The van der Waals surface area contributed by atoms with Crippen LogP contribution in [0.4, 0.5) is 0 Å². The zero-order valence-corrected chi connectivity index (χ0v) is 6.39. The van der Waals surface area contributed by atoms with E-state index in [0.29, 0.717) is 0 Å². The van der Waals surface area contributed by atoms with Gasteiger partial charge in [0.05, 0.1) is 13.0 Å². The zero-order valence-electron chi connectivity index (χ0n) is 6.39. The molecule has 0 radical (unpaired) electrons. The Morgan fingerprint density at radius 2 is 2.50 bits per heavy atom. The third-order valence-electron chi connectivity index (χ3n) is 1.84. The molecule has 56 valence electrons. The summed E-state index contributed by atoms with van der Waals surface area (Å²) in [5, 5.41) is 0. The second-order valence-corrected chi connectivity index (χ2v) is 2.68. The van der Waals surface area contributed by atoms with Crippen molar-refractivity contribution in [3.63, 3.8) is 0 Å². The molecule has 1 atom stereocenters. The van der Waals surface area contributed by atoms with Crippen molar-refractivity contribution in [2.24, 2.45) is 5.92 Å². The maximum absolute atomic E-state index is 10.9. The topological polar surface area (TPSA) is 26.3 Å². The van der Waals surface area contributed by atoms with Crippen molar-refractivity contribution in [2.75, 3.05) is 7.11 Å². The van der Waals surface area contributed by atoms with Gasteiger partial charge in [-0.05, 0) is 19.8 Å². The van der Waals surface area contributed by atoms with Crippen molar-refractivity contribution in [3.8, 4) is 0 Å². The van der Waals surface area contributed by atoms with Crippen LogP contribution >= 0.6 is 0 Å². The van der Waals surface area contributed by atoms with E-state index in [4.69, 9.17) is 0 Å². The molecule has 0 heterocycles. The molecule has 0 aromatic carbocycles. The number of esters is 1. The van der Waals surface area contributed by atoms with Crippen LogP contribution in [0.25, 0.3) is 0 Å². The molecule has 0 saturated heterocycles. The maximum atomic E-state index is 10.9. The highest BCUT2D eigenvalue weighted by atomic mass is 16.5. The van der Waals surface area contributed by atoms with Gasteiger partial charge in [-0.1, -0.05) is 11.6 Å². The molecule has 0 fully saturated rings. The second kappa shape index (κ2) is 2.86. The Morgan fingerprint density at radius 3 is 2.90 bits per heavy atom. The van der Waals surface area contributed by atoms with Crippen LogP contribution in [0.15, 0.2) is 11.6 Å². The lowest BCUT2D eigenvalue weighted by Gasteiger charge is -2.02. The van der Waals surface area contributed by atoms with E-state index in [-0.39, 0.29) is 11.9 Å². The molecule has 2 heteroatoms. The first-order chi connectivity index (χ1) is 4.74. The van der Waals surface area contributed by atoms with Gasteiger partial charge >= 0.3 is 5.97 Å². The fourth-order valence-electron chi connectivity index (χ4n) is 1.23. The number of carbonyl (C=O) groups excluding carboxylic acids is 1. The van der Waals surface area contributed by atoms with Crippen molar-refractivity contribution in [1.29, 1.82) is 0 Å². The Kier molecular flexibility index (Phi) is 2.10. The predicted octanol–water partition coefficient (Wildman–Crippen LogP) is 1.52. The molecule has 1 aliphatic carbocycles. The molecule has 0 aromatic rings. The molecule has 1 aliphatic rings. The molecular weight excluding hydrogens is 128 g/mol. The zero-order chi connectivity index (χ0) is 7.56. The van der Waals surface area contributed by atoms with Gasteiger partial charge in [-0.3, -0.25) is 4.79 Å². The summed E-state index contributed by atoms with van der Waals surface area (Å²) in [7, 11) is 1.43. The van der Waals surface area contributed by atoms with Gasteiger partial charge in [-0.2, -0.15) is 0 Å². The summed E-state index contributed by atoms with van der Waals surface area (Å²) in [5.74, 6) is -0.0677. The van der Waals surface area contributed by atoms with Crippen LogP contribution in [-0.4, -0.2) is 13.1 Å². The standard InChI is InChI=1S/C8H12O2/c1-6-3-4-7(5-6)8(9)10-2/h5,7H,3-4H2,1-2H3. The molecule has 0 aromatic heterocycles. The Hall–Kier alpha value is -0.790.